The third-order valence-electron chi connectivity index (χ3n) is 1.35. The van der Waals surface area contributed by atoms with Crippen molar-refractivity contribution in [1.82, 2.24) is 4.98 Å². The summed E-state index contributed by atoms with van der Waals surface area (Å²) in [5.74, 6) is 1.23. The molecule has 1 aromatic rings. The van der Waals surface area contributed by atoms with Crippen LogP contribution in [0.15, 0.2) is 18.5 Å². The Morgan fingerprint density at radius 2 is 2.50 bits per heavy atom. The Bertz CT molecular complexity index is 222. The van der Waals surface area contributed by atoms with E-state index in [9.17, 15) is 0 Å². The van der Waals surface area contributed by atoms with Crippen LogP contribution in [0, 0.1) is 0 Å². The molecule has 0 aliphatic carbocycles. The maximum absolute atomic E-state index is 3.10. The van der Waals surface area contributed by atoms with Gasteiger partial charge in [0.25, 0.3) is 0 Å². The van der Waals surface area contributed by atoms with Crippen LogP contribution in [0.2, 0.25) is 0 Å². The highest BCUT2D eigenvalue weighted by Gasteiger charge is 2.07. The predicted molar refractivity (Wildman–Crippen MR) is 31.4 cm³/mol. The summed E-state index contributed by atoms with van der Waals surface area (Å²) in [6, 6.07) is 2.06. The SMILES string of the molecule is C1=Cc2cc[nH]c2[NH2+]1. The molecule has 2 heterocycles. The highest BCUT2D eigenvalue weighted by Crippen LogP contribution is 2.11. The first kappa shape index (κ1) is 3.92. The summed E-state index contributed by atoms with van der Waals surface area (Å²) in [7, 11) is 0. The molecule has 0 radical (unpaired) electrons. The van der Waals surface area contributed by atoms with E-state index in [0.29, 0.717) is 0 Å². The van der Waals surface area contributed by atoms with Gasteiger partial charge in [-0.1, -0.05) is 0 Å². The summed E-state index contributed by atoms with van der Waals surface area (Å²) >= 11 is 0. The third-order valence-corrected chi connectivity index (χ3v) is 1.35. The number of aromatic amines is 1. The van der Waals surface area contributed by atoms with E-state index in [2.05, 4.69) is 22.4 Å². The number of hydrogen-bond acceptors (Lipinski definition) is 0. The van der Waals surface area contributed by atoms with E-state index in [0.717, 1.165) is 0 Å². The standard InChI is InChI=1S/C6H6N2/c1-3-7-6-5(1)2-4-8-6/h1-4,7-8H/p+1. The number of hydrogen-bond donors (Lipinski definition) is 2. The van der Waals surface area contributed by atoms with Crippen molar-refractivity contribution in [1.29, 1.82) is 0 Å². The minimum Gasteiger partial charge on any atom is -0.317 e. The summed E-state index contributed by atoms with van der Waals surface area (Å²) in [6.45, 7) is 0. The monoisotopic (exact) mass is 107 g/mol. The molecular weight excluding hydrogens is 100 g/mol. The van der Waals surface area contributed by atoms with Gasteiger partial charge in [0, 0.05) is 12.3 Å². The van der Waals surface area contributed by atoms with Crippen LogP contribution < -0.4 is 5.32 Å². The van der Waals surface area contributed by atoms with E-state index < -0.39 is 0 Å². The van der Waals surface area contributed by atoms with Gasteiger partial charge in [-0.3, -0.25) is 5.32 Å². The molecule has 2 heteroatoms. The lowest BCUT2D eigenvalue weighted by atomic mass is 10.3. The second-order valence-corrected chi connectivity index (χ2v) is 1.87. The van der Waals surface area contributed by atoms with Crippen LogP contribution in [-0.2, 0) is 0 Å². The molecule has 0 saturated heterocycles. The molecule has 0 amide bonds. The van der Waals surface area contributed by atoms with E-state index in [4.69, 9.17) is 0 Å². The summed E-state index contributed by atoms with van der Waals surface area (Å²) in [4.78, 5) is 3.10. The van der Waals surface area contributed by atoms with Gasteiger partial charge in [0.15, 0.2) is 0 Å². The van der Waals surface area contributed by atoms with Gasteiger partial charge in [-0.15, -0.1) is 0 Å². The zero-order valence-corrected chi connectivity index (χ0v) is 4.39. The highest BCUT2D eigenvalue weighted by molar-refractivity contribution is 5.59. The number of aromatic nitrogens is 1. The van der Waals surface area contributed by atoms with Crippen LogP contribution in [0.4, 0.5) is 5.82 Å². The fourth-order valence-corrected chi connectivity index (χ4v) is 0.932. The van der Waals surface area contributed by atoms with Crippen LogP contribution >= 0.6 is 0 Å². The summed E-state index contributed by atoms with van der Waals surface area (Å²) in [5, 5.41) is 2.06. The van der Waals surface area contributed by atoms with E-state index >= 15 is 0 Å². The molecule has 2 nitrogen and oxygen atoms in total. The molecule has 0 spiro atoms. The lowest BCUT2D eigenvalue weighted by molar-refractivity contribution is -0.495. The molecule has 1 aromatic heterocycles. The normalized spacial score (nSPS) is 14.5. The van der Waals surface area contributed by atoms with Crippen LogP contribution in [0.25, 0.3) is 6.08 Å². The van der Waals surface area contributed by atoms with Gasteiger partial charge < -0.3 is 4.98 Å². The van der Waals surface area contributed by atoms with Crippen molar-refractivity contribution in [2.24, 2.45) is 0 Å². The largest absolute Gasteiger partial charge is 0.317 e. The Labute approximate surface area is 47.2 Å². The van der Waals surface area contributed by atoms with Crippen molar-refractivity contribution >= 4 is 11.9 Å². The number of nitrogens with one attached hydrogen (secondary N) is 1. The lowest BCUT2D eigenvalue weighted by Crippen LogP contribution is -2.69. The van der Waals surface area contributed by atoms with Crippen molar-refractivity contribution < 1.29 is 5.32 Å². The summed E-state index contributed by atoms with van der Waals surface area (Å²) < 4.78 is 0. The molecule has 40 valence electrons. The molecule has 0 bridgehead atoms. The molecule has 0 unspecified atom stereocenters. The predicted octanol–water partition coefficient (Wildman–Crippen LogP) is 0.194. The van der Waals surface area contributed by atoms with Crippen molar-refractivity contribution in [2.75, 3.05) is 0 Å². The van der Waals surface area contributed by atoms with Crippen molar-refractivity contribution in [2.45, 2.75) is 0 Å². The highest BCUT2D eigenvalue weighted by atomic mass is 15.0. The van der Waals surface area contributed by atoms with Crippen LogP contribution in [0.5, 0.6) is 0 Å². The van der Waals surface area contributed by atoms with Gasteiger partial charge in [-0.05, 0) is 6.07 Å². The van der Waals surface area contributed by atoms with E-state index in [1.165, 1.54) is 11.4 Å². The number of H-pyrrole nitrogens is 1. The quantitative estimate of drug-likeness (QED) is 0.474. The van der Waals surface area contributed by atoms with Gasteiger partial charge in [0.05, 0.1) is 11.8 Å². The van der Waals surface area contributed by atoms with Crippen LogP contribution in [0.1, 0.15) is 5.56 Å². The molecule has 8 heavy (non-hydrogen) atoms. The smallest absolute Gasteiger partial charge is 0.214 e. The fourth-order valence-electron chi connectivity index (χ4n) is 0.932. The third kappa shape index (κ3) is 0.352. The van der Waals surface area contributed by atoms with E-state index in [-0.39, 0.29) is 0 Å². The Kier molecular flexibility index (Phi) is 0.603. The summed E-state index contributed by atoms with van der Waals surface area (Å²) in [5.41, 5.74) is 1.30. The van der Waals surface area contributed by atoms with Crippen LogP contribution in [-0.4, -0.2) is 4.98 Å². The molecular formula is C6H7N2+. The van der Waals surface area contributed by atoms with Gasteiger partial charge in [-0.2, -0.15) is 0 Å². The Balaban J connectivity index is 2.67. The van der Waals surface area contributed by atoms with Crippen molar-refractivity contribution in [3.05, 3.63) is 24.0 Å². The molecule has 1 aliphatic rings. The molecule has 2 rings (SSSR count). The minimum absolute atomic E-state index is 1.23. The van der Waals surface area contributed by atoms with E-state index in [1.54, 1.807) is 0 Å². The number of nitrogens with two attached hydrogens (primary N) is 1. The number of rotatable bonds is 0. The Hall–Kier alpha value is -1.02. The zero-order valence-electron chi connectivity index (χ0n) is 4.39. The lowest BCUT2D eigenvalue weighted by Gasteiger charge is -1.79. The zero-order chi connectivity index (χ0) is 5.40. The number of fused-ring (bicyclic) bond motifs is 1. The van der Waals surface area contributed by atoms with Gasteiger partial charge >= 0.3 is 0 Å². The minimum atomic E-state index is 1.23. The first-order chi connectivity index (χ1) is 3.97. The molecule has 3 N–H and O–H groups in total. The average molecular weight is 107 g/mol. The van der Waals surface area contributed by atoms with Gasteiger partial charge in [-0.25, -0.2) is 0 Å². The van der Waals surface area contributed by atoms with Crippen molar-refractivity contribution in [3.8, 4) is 0 Å². The molecule has 0 fully saturated rings. The number of quaternary nitrogens is 1. The maximum Gasteiger partial charge on any atom is 0.214 e. The first-order valence-electron chi connectivity index (χ1n) is 2.65. The molecule has 0 saturated carbocycles. The molecule has 0 atom stereocenters. The summed E-state index contributed by atoms with van der Waals surface area (Å²) in [6.07, 6.45) is 6.08. The fraction of sp³-hybridized carbons (Fsp3) is 0. The Morgan fingerprint density at radius 1 is 1.50 bits per heavy atom. The second-order valence-electron chi connectivity index (χ2n) is 1.87. The molecule has 0 aromatic carbocycles. The Morgan fingerprint density at radius 3 is 3.38 bits per heavy atom. The average Bonchev–Trinajstić information content (AvgIpc) is 2.15. The first-order valence-corrected chi connectivity index (χ1v) is 2.65. The maximum atomic E-state index is 3.10. The second kappa shape index (κ2) is 1.23. The van der Waals surface area contributed by atoms with Gasteiger partial charge in [0.2, 0.25) is 5.82 Å². The molecule has 1 aliphatic heterocycles. The van der Waals surface area contributed by atoms with Crippen LogP contribution in [0.3, 0.4) is 0 Å². The van der Waals surface area contributed by atoms with Crippen molar-refractivity contribution in [3.63, 3.8) is 0 Å². The van der Waals surface area contributed by atoms with E-state index in [1.807, 2.05) is 12.4 Å². The van der Waals surface area contributed by atoms with Gasteiger partial charge in [0.1, 0.15) is 0 Å². The topological polar surface area (TPSA) is 32.4 Å².